The van der Waals surface area contributed by atoms with E-state index in [4.69, 9.17) is 0 Å². The van der Waals surface area contributed by atoms with Crippen LogP contribution in [0.5, 0.6) is 0 Å². The van der Waals surface area contributed by atoms with Crippen molar-refractivity contribution in [3.05, 3.63) is 0 Å². The van der Waals surface area contributed by atoms with Crippen molar-refractivity contribution in [2.24, 2.45) is 11.8 Å². The normalized spacial score (nSPS) is 18.8. The van der Waals surface area contributed by atoms with Gasteiger partial charge in [0.15, 0.2) is 0 Å². The third kappa shape index (κ3) is 7.53. The van der Waals surface area contributed by atoms with Gasteiger partial charge in [0.25, 0.3) is 0 Å². The summed E-state index contributed by atoms with van der Waals surface area (Å²) >= 11 is -1.94. The van der Waals surface area contributed by atoms with E-state index in [-0.39, 0.29) is 11.1 Å². The van der Waals surface area contributed by atoms with Crippen molar-refractivity contribution in [3.8, 4) is 0 Å². The van der Waals surface area contributed by atoms with Crippen LogP contribution in [0.2, 0.25) is 0 Å². The highest BCUT2D eigenvalue weighted by Crippen LogP contribution is 2.38. The fourth-order valence-electron chi connectivity index (χ4n) is 3.65. The molecule has 0 aromatic heterocycles. The summed E-state index contributed by atoms with van der Waals surface area (Å²) in [7, 11) is 0. The Morgan fingerprint density at radius 2 is 1.21 bits per heavy atom. The summed E-state index contributed by atoms with van der Waals surface area (Å²) in [6, 6.07) is 0. The van der Waals surface area contributed by atoms with Crippen LogP contribution in [0, 0.1) is 11.8 Å². The fourth-order valence-corrected chi connectivity index (χ4v) is 4.85. The second-order valence-corrected chi connectivity index (χ2v) is 9.62. The average Bonchev–Trinajstić information content (AvgIpc) is 2.46. The maximum atomic E-state index is 12.3. The lowest BCUT2D eigenvalue weighted by Crippen LogP contribution is -2.58. The molecule has 0 aromatic carbocycles. The quantitative estimate of drug-likeness (QED) is 0.385. The third-order valence-corrected chi connectivity index (χ3v) is 6.85. The van der Waals surface area contributed by atoms with Gasteiger partial charge in [0.2, 0.25) is 11.3 Å². The van der Waals surface area contributed by atoms with Crippen LogP contribution in [-0.4, -0.2) is 24.1 Å². The smallest absolute Gasteiger partial charge is 0.235 e. The van der Waals surface area contributed by atoms with Gasteiger partial charge in [-0.3, -0.25) is 4.55 Å². The zero-order valence-electron chi connectivity index (χ0n) is 17.5. The third-order valence-electron chi connectivity index (χ3n) is 5.65. The first-order valence-electron chi connectivity index (χ1n) is 9.93. The van der Waals surface area contributed by atoms with Gasteiger partial charge >= 0.3 is 0 Å². The summed E-state index contributed by atoms with van der Waals surface area (Å²) in [5, 5.41) is 0. The van der Waals surface area contributed by atoms with Crippen molar-refractivity contribution in [1.29, 1.82) is 0 Å². The summed E-state index contributed by atoms with van der Waals surface area (Å²) in [6.45, 7) is 17.6. The van der Waals surface area contributed by atoms with E-state index in [9.17, 15) is 8.76 Å². The van der Waals surface area contributed by atoms with Crippen molar-refractivity contribution >= 4 is 11.3 Å². The number of nitrogens with zero attached hydrogens (tertiary/aromatic N) is 1. The first-order valence-corrected chi connectivity index (χ1v) is 11.0. The van der Waals surface area contributed by atoms with Gasteiger partial charge in [-0.2, -0.15) is 4.31 Å². The molecule has 0 aromatic rings. The minimum absolute atomic E-state index is 0.225. The van der Waals surface area contributed by atoms with Crippen molar-refractivity contribution < 1.29 is 8.76 Å². The molecule has 0 aliphatic carbocycles. The van der Waals surface area contributed by atoms with Gasteiger partial charge in [0.1, 0.15) is 0 Å². The maximum Gasteiger partial charge on any atom is 0.235 e. The first-order chi connectivity index (χ1) is 11.0. The van der Waals surface area contributed by atoms with Crippen LogP contribution < -0.4 is 0 Å². The molecule has 3 atom stereocenters. The molecule has 1 N–H and O–H groups in total. The van der Waals surface area contributed by atoms with Crippen LogP contribution in [-0.2, 0) is 11.3 Å². The Hall–Kier alpha value is 0.0700. The largest absolute Gasteiger partial charge is 0.294 e. The van der Waals surface area contributed by atoms with Crippen molar-refractivity contribution in [1.82, 2.24) is 4.31 Å². The molecule has 0 amide bonds. The molecule has 0 radical (unpaired) electrons. The molecule has 0 heterocycles. The van der Waals surface area contributed by atoms with Crippen LogP contribution in [0.4, 0.5) is 0 Å². The molecule has 0 saturated carbocycles. The molecule has 3 unspecified atom stereocenters. The minimum Gasteiger partial charge on any atom is -0.294 e. The molecule has 3 nitrogen and oxygen atoms in total. The Kier molecular flexibility index (Phi) is 11.0. The highest BCUT2D eigenvalue weighted by molar-refractivity contribution is 7.76. The predicted molar refractivity (Wildman–Crippen MR) is 107 cm³/mol. The van der Waals surface area contributed by atoms with Crippen LogP contribution in [0.25, 0.3) is 0 Å². The summed E-state index contributed by atoms with van der Waals surface area (Å²) in [5.74, 6) is 1.37. The molecule has 24 heavy (non-hydrogen) atoms. The molecule has 4 heteroatoms. The van der Waals surface area contributed by atoms with Crippen LogP contribution in [0.15, 0.2) is 0 Å². The average molecular weight is 362 g/mol. The highest BCUT2D eigenvalue weighted by atomic mass is 32.2. The lowest BCUT2D eigenvalue weighted by molar-refractivity contribution is 0.0581. The molecule has 0 fully saturated rings. The Morgan fingerprint density at radius 1 is 0.875 bits per heavy atom. The second-order valence-electron chi connectivity index (χ2n) is 8.80. The van der Waals surface area contributed by atoms with Gasteiger partial charge in [0.05, 0.1) is 0 Å². The summed E-state index contributed by atoms with van der Waals surface area (Å²) in [6.07, 6.45) is 8.34. The Morgan fingerprint density at radius 3 is 1.42 bits per heavy atom. The van der Waals surface area contributed by atoms with Gasteiger partial charge in [0, 0.05) is 11.1 Å². The van der Waals surface area contributed by atoms with E-state index >= 15 is 0 Å². The van der Waals surface area contributed by atoms with Gasteiger partial charge < -0.3 is 0 Å². The van der Waals surface area contributed by atoms with Crippen LogP contribution in [0.3, 0.4) is 0 Å². The van der Waals surface area contributed by atoms with E-state index < -0.39 is 11.3 Å². The van der Waals surface area contributed by atoms with Crippen molar-refractivity contribution in [3.63, 3.8) is 0 Å². The molecule has 0 saturated heterocycles. The van der Waals surface area contributed by atoms with E-state index in [0.717, 1.165) is 38.5 Å². The maximum absolute atomic E-state index is 12.3. The van der Waals surface area contributed by atoms with E-state index in [1.807, 2.05) is 4.31 Å². The number of hydrogen-bond donors (Lipinski definition) is 1. The number of rotatable bonds is 13. The molecular formula is C20H43NO2S. The molecule has 146 valence electrons. The lowest BCUT2D eigenvalue weighted by atomic mass is 9.83. The Balaban J connectivity index is 5.31. The van der Waals surface area contributed by atoms with Crippen molar-refractivity contribution in [2.75, 3.05) is 0 Å². The first kappa shape index (κ1) is 24.1. The Labute approximate surface area is 154 Å². The molecule has 0 rings (SSSR count). The standard InChI is InChI=1S/C20H43NO2S/c1-9-19(7,15-11-13-17(3)4)21(24(22)23)20(8,10-2)16-12-14-18(5)6/h17-18H,9-16H2,1-8H3,(H,22,23). The van der Waals surface area contributed by atoms with E-state index in [1.165, 1.54) is 12.8 Å². The van der Waals surface area contributed by atoms with Gasteiger partial charge in [-0.15, -0.1) is 0 Å². The lowest BCUT2D eigenvalue weighted by Gasteiger charge is -2.49. The topological polar surface area (TPSA) is 40.5 Å². The molecular weight excluding hydrogens is 318 g/mol. The van der Waals surface area contributed by atoms with E-state index in [1.54, 1.807) is 0 Å². The van der Waals surface area contributed by atoms with Gasteiger partial charge in [-0.05, 0) is 51.4 Å². The summed E-state index contributed by atoms with van der Waals surface area (Å²) < 4.78 is 24.4. The molecule has 0 spiro atoms. The molecule has 0 bridgehead atoms. The van der Waals surface area contributed by atoms with Crippen LogP contribution >= 0.6 is 0 Å². The van der Waals surface area contributed by atoms with E-state index in [2.05, 4.69) is 55.4 Å². The second kappa shape index (κ2) is 10.9. The van der Waals surface area contributed by atoms with E-state index in [0.29, 0.717) is 11.8 Å². The predicted octanol–water partition coefficient (Wildman–Crippen LogP) is 6.42. The minimum atomic E-state index is -1.94. The van der Waals surface area contributed by atoms with Gasteiger partial charge in [-0.1, -0.05) is 67.2 Å². The SMILES string of the molecule is CCC(C)(CCCC(C)C)N(S(=O)O)C(C)(CC)CCCC(C)C. The summed E-state index contributed by atoms with van der Waals surface area (Å²) in [4.78, 5) is 0. The molecule has 0 aliphatic rings. The Bertz CT molecular complexity index is 345. The highest BCUT2D eigenvalue weighted by Gasteiger charge is 2.44. The number of hydrogen-bond acceptors (Lipinski definition) is 1. The zero-order chi connectivity index (χ0) is 19.0. The van der Waals surface area contributed by atoms with Crippen LogP contribution in [0.1, 0.15) is 107 Å². The zero-order valence-corrected chi connectivity index (χ0v) is 18.3. The monoisotopic (exact) mass is 361 g/mol. The van der Waals surface area contributed by atoms with Crippen molar-refractivity contribution in [2.45, 2.75) is 118 Å². The fraction of sp³-hybridized carbons (Fsp3) is 1.00. The van der Waals surface area contributed by atoms with Gasteiger partial charge in [-0.25, -0.2) is 4.21 Å². The summed E-state index contributed by atoms with van der Waals surface area (Å²) in [5.41, 5.74) is -0.450. The molecule has 0 aliphatic heterocycles.